The van der Waals surface area contributed by atoms with Gasteiger partial charge in [0.25, 0.3) is 0 Å². The second kappa shape index (κ2) is 8.42. The lowest BCUT2D eigenvalue weighted by Gasteiger charge is -2.04. The fraction of sp³-hybridized carbons (Fsp3) is 0.500. The summed E-state index contributed by atoms with van der Waals surface area (Å²) in [4.78, 5) is 0. The molecule has 0 spiro atoms. The Balaban J connectivity index is 1.96. The predicted molar refractivity (Wildman–Crippen MR) is 82.4 cm³/mol. The molecule has 0 aliphatic carbocycles. The molecule has 0 saturated heterocycles. The van der Waals surface area contributed by atoms with Crippen LogP contribution in [0.3, 0.4) is 0 Å². The highest BCUT2D eigenvalue weighted by atomic mass is 16.5. The van der Waals surface area contributed by atoms with Gasteiger partial charge >= 0.3 is 0 Å². The smallest absolute Gasteiger partial charge is 0.247 e. The lowest BCUT2D eigenvalue weighted by atomic mass is 10.2. The molecule has 0 bridgehead atoms. The van der Waals surface area contributed by atoms with Crippen molar-refractivity contribution in [2.45, 2.75) is 33.1 Å². The molecule has 1 aromatic heterocycles. The van der Waals surface area contributed by atoms with Crippen molar-refractivity contribution in [1.29, 1.82) is 0 Å². The van der Waals surface area contributed by atoms with Crippen molar-refractivity contribution in [3.63, 3.8) is 0 Å². The fourth-order valence-corrected chi connectivity index (χ4v) is 1.91. The van der Waals surface area contributed by atoms with Gasteiger partial charge < -0.3 is 14.5 Å². The maximum atomic E-state index is 5.69. The predicted octanol–water partition coefficient (Wildman–Crippen LogP) is 3.07. The third kappa shape index (κ3) is 4.86. The minimum atomic E-state index is 0.544. The summed E-state index contributed by atoms with van der Waals surface area (Å²) in [6, 6.07) is 7.76. The SMILES string of the molecule is CCCNCCc1nnc(-c2cccc(OCCC)c2)o1. The van der Waals surface area contributed by atoms with E-state index in [4.69, 9.17) is 9.15 Å². The van der Waals surface area contributed by atoms with Gasteiger partial charge in [-0.1, -0.05) is 19.9 Å². The van der Waals surface area contributed by atoms with Crippen molar-refractivity contribution in [2.75, 3.05) is 19.7 Å². The first-order valence-corrected chi connectivity index (χ1v) is 7.59. The standard InChI is InChI=1S/C16H23N3O2/c1-3-9-17-10-8-15-18-19-16(21-15)13-6-5-7-14(12-13)20-11-4-2/h5-7,12,17H,3-4,8-11H2,1-2H3. The van der Waals surface area contributed by atoms with Crippen LogP contribution in [0.1, 0.15) is 32.6 Å². The second-order valence-electron chi connectivity index (χ2n) is 4.88. The minimum absolute atomic E-state index is 0.544. The molecule has 5 heteroatoms. The number of nitrogens with one attached hydrogen (secondary N) is 1. The van der Waals surface area contributed by atoms with Crippen LogP contribution in [0, 0.1) is 0 Å². The van der Waals surface area contributed by atoms with Crippen LogP contribution in [0.5, 0.6) is 5.75 Å². The van der Waals surface area contributed by atoms with Gasteiger partial charge in [0.05, 0.1) is 6.61 Å². The molecule has 21 heavy (non-hydrogen) atoms. The van der Waals surface area contributed by atoms with E-state index in [-0.39, 0.29) is 0 Å². The molecule has 0 aliphatic heterocycles. The Hall–Kier alpha value is -1.88. The molecule has 5 nitrogen and oxygen atoms in total. The number of hydrogen-bond acceptors (Lipinski definition) is 5. The molecule has 2 aromatic rings. The first-order chi connectivity index (χ1) is 10.3. The summed E-state index contributed by atoms with van der Waals surface area (Å²) in [6.45, 7) is 6.81. The fourth-order valence-electron chi connectivity index (χ4n) is 1.91. The lowest BCUT2D eigenvalue weighted by molar-refractivity contribution is 0.317. The Labute approximate surface area is 125 Å². The Bertz CT molecular complexity index is 540. The molecule has 1 heterocycles. The van der Waals surface area contributed by atoms with Crippen molar-refractivity contribution in [2.24, 2.45) is 0 Å². The van der Waals surface area contributed by atoms with E-state index in [1.54, 1.807) is 0 Å². The van der Waals surface area contributed by atoms with Gasteiger partial charge in [0, 0.05) is 18.5 Å². The molecule has 0 aliphatic rings. The molecule has 0 unspecified atom stereocenters. The lowest BCUT2D eigenvalue weighted by Crippen LogP contribution is -2.17. The molecular weight excluding hydrogens is 266 g/mol. The van der Waals surface area contributed by atoms with Gasteiger partial charge in [0.1, 0.15) is 5.75 Å². The zero-order chi connectivity index (χ0) is 14.9. The van der Waals surface area contributed by atoms with Gasteiger partial charge in [0.2, 0.25) is 11.8 Å². The third-order valence-electron chi connectivity index (χ3n) is 2.96. The van der Waals surface area contributed by atoms with E-state index < -0.39 is 0 Å². The van der Waals surface area contributed by atoms with E-state index in [0.717, 1.165) is 43.7 Å². The number of nitrogens with zero attached hydrogens (tertiary/aromatic N) is 2. The Morgan fingerprint density at radius 2 is 2.05 bits per heavy atom. The first-order valence-electron chi connectivity index (χ1n) is 7.59. The third-order valence-corrected chi connectivity index (χ3v) is 2.96. The zero-order valence-corrected chi connectivity index (χ0v) is 12.8. The second-order valence-corrected chi connectivity index (χ2v) is 4.88. The molecule has 1 N–H and O–H groups in total. The average molecular weight is 289 g/mol. The molecule has 1 aromatic carbocycles. The summed E-state index contributed by atoms with van der Waals surface area (Å²) in [5, 5.41) is 11.5. The monoisotopic (exact) mass is 289 g/mol. The Morgan fingerprint density at radius 3 is 2.86 bits per heavy atom. The molecule has 0 fully saturated rings. The number of benzene rings is 1. The van der Waals surface area contributed by atoms with Crippen LogP contribution in [0.25, 0.3) is 11.5 Å². The van der Waals surface area contributed by atoms with Crippen molar-refractivity contribution in [1.82, 2.24) is 15.5 Å². The summed E-state index contributed by atoms with van der Waals surface area (Å²) in [5.74, 6) is 2.04. The van der Waals surface area contributed by atoms with Crippen LogP contribution in [0.15, 0.2) is 28.7 Å². The summed E-state index contributed by atoms with van der Waals surface area (Å²) in [7, 11) is 0. The first kappa shape index (κ1) is 15.5. The van der Waals surface area contributed by atoms with Gasteiger partial charge in [-0.15, -0.1) is 10.2 Å². The van der Waals surface area contributed by atoms with Crippen LogP contribution in [-0.4, -0.2) is 29.9 Å². The zero-order valence-electron chi connectivity index (χ0n) is 12.8. The molecule has 114 valence electrons. The number of rotatable bonds is 9. The summed E-state index contributed by atoms with van der Waals surface area (Å²) in [6.07, 6.45) is 2.86. The molecule has 2 rings (SSSR count). The van der Waals surface area contributed by atoms with E-state index >= 15 is 0 Å². The summed E-state index contributed by atoms with van der Waals surface area (Å²) < 4.78 is 11.3. The highest BCUT2D eigenvalue weighted by Crippen LogP contribution is 2.23. The van der Waals surface area contributed by atoms with E-state index in [0.29, 0.717) is 18.4 Å². The molecule has 0 saturated carbocycles. The number of hydrogen-bond donors (Lipinski definition) is 1. The molecule has 0 amide bonds. The molecular formula is C16H23N3O2. The van der Waals surface area contributed by atoms with Crippen LogP contribution in [-0.2, 0) is 6.42 Å². The largest absolute Gasteiger partial charge is 0.494 e. The van der Waals surface area contributed by atoms with Crippen LogP contribution < -0.4 is 10.1 Å². The Morgan fingerprint density at radius 1 is 1.14 bits per heavy atom. The van der Waals surface area contributed by atoms with Crippen molar-refractivity contribution in [3.8, 4) is 17.2 Å². The minimum Gasteiger partial charge on any atom is -0.494 e. The van der Waals surface area contributed by atoms with E-state index in [9.17, 15) is 0 Å². The van der Waals surface area contributed by atoms with Gasteiger partial charge in [-0.05, 0) is 37.6 Å². The topological polar surface area (TPSA) is 60.2 Å². The average Bonchev–Trinajstić information content (AvgIpc) is 2.99. The van der Waals surface area contributed by atoms with E-state index in [1.165, 1.54) is 0 Å². The van der Waals surface area contributed by atoms with Gasteiger partial charge in [-0.3, -0.25) is 0 Å². The number of aromatic nitrogens is 2. The maximum Gasteiger partial charge on any atom is 0.247 e. The highest BCUT2D eigenvalue weighted by molar-refractivity contribution is 5.55. The summed E-state index contributed by atoms with van der Waals surface area (Å²) in [5.41, 5.74) is 0.892. The quantitative estimate of drug-likeness (QED) is 0.719. The van der Waals surface area contributed by atoms with Crippen molar-refractivity contribution >= 4 is 0 Å². The van der Waals surface area contributed by atoms with Crippen molar-refractivity contribution in [3.05, 3.63) is 30.2 Å². The molecule has 0 radical (unpaired) electrons. The van der Waals surface area contributed by atoms with E-state index in [2.05, 4.69) is 29.4 Å². The van der Waals surface area contributed by atoms with Gasteiger partial charge in [0.15, 0.2) is 0 Å². The van der Waals surface area contributed by atoms with Crippen LogP contribution >= 0.6 is 0 Å². The Kier molecular flexibility index (Phi) is 6.22. The normalized spacial score (nSPS) is 10.8. The van der Waals surface area contributed by atoms with E-state index in [1.807, 2.05) is 24.3 Å². The van der Waals surface area contributed by atoms with Gasteiger partial charge in [-0.25, -0.2) is 0 Å². The van der Waals surface area contributed by atoms with Gasteiger partial charge in [-0.2, -0.15) is 0 Å². The molecule has 0 atom stereocenters. The number of ether oxygens (including phenoxy) is 1. The maximum absolute atomic E-state index is 5.69. The van der Waals surface area contributed by atoms with Crippen LogP contribution in [0.2, 0.25) is 0 Å². The van der Waals surface area contributed by atoms with Crippen LogP contribution in [0.4, 0.5) is 0 Å². The highest BCUT2D eigenvalue weighted by Gasteiger charge is 2.09. The summed E-state index contributed by atoms with van der Waals surface area (Å²) >= 11 is 0. The van der Waals surface area contributed by atoms with Crippen molar-refractivity contribution < 1.29 is 9.15 Å².